The normalized spacial score (nSPS) is 27.8. The molecule has 1 unspecified atom stereocenters. The summed E-state index contributed by atoms with van der Waals surface area (Å²) in [6.07, 6.45) is 2.56. The standard InChI is InChI=1S/C19H28N2O4S/c1-16-2-4-18(5-3-16)26(22,23)21-8-6-19(7-9-21)14-17(15-25-19)20-10-12-24-13-11-20/h2-5,17H,6-15H2,1H3. The predicted octanol–water partition coefficient (Wildman–Crippen LogP) is 1.64. The van der Waals surface area contributed by atoms with Crippen LogP contribution in [0.15, 0.2) is 29.2 Å². The van der Waals surface area contributed by atoms with Crippen LogP contribution >= 0.6 is 0 Å². The van der Waals surface area contributed by atoms with E-state index >= 15 is 0 Å². The summed E-state index contributed by atoms with van der Waals surface area (Å²) in [5.41, 5.74) is 0.914. The number of hydrogen-bond acceptors (Lipinski definition) is 5. The quantitative estimate of drug-likeness (QED) is 0.798. The van der Waals surface area contributed by atoms with E-state index in [4.69, 9.17) is 9.47 Å². The largest absolute Gasteiger partial charge is 0.379 e. The summed E-state index contributed by atoms with van der Waals surface area (Å²) in [5.74, 6) is 0. The Labute approximate surface area is 156 Å². The average Bonchev–Trinajstić information content (AvgIpc) is 3.07. The Kier molecular flexibility index (Phi) is 5.09. The van der Waals surface area contributed by atoms with Crippen LogP contribution in [0, 0.1) is 6.92 Å². The third-order valence-corrected chi connectivity index (χ3v) is 7.96. The second-order valence-corrected chi connectivity index (χ2v) is 9.66. The van der Waals surface area contributed by atoms with Crippen LogP contribution in [0.2, 0.25) is 0 Å². The zero-order valence-electron chi connectivity index (χ0n) is 15.4. The van der Waals surface area contributed by atoms with Gasteiger partial charge in [-0.2, -0.15) is 4.31 Å². The number of hydrogen-bond donors (Lipinski definition) is 0. The van der Waals surface area contributed by atoms with Crippen molar-refractivity contribution in [2.24, 2.45) is 0 Å². The van der Waals surface area contributed by atoms with Crippen molar-refractivity contribution in [1.82, 2.24) is 9.21 Å². The number of ether oxygens (including phenoxy) is 2. The first-order valence-corrected chi connectivity index (χ1v) is 11.0. The first-order chi connectivity index (χ1) is 12.5. The van der Waals surface area contributed by atoms with Gasteiger partial charge < -0.3 is 9.47 Å². The van der Waals surface area contributed by atoms with Crippen LogP contribution in [0.3, 0.4) is 0 Å². The fraction of sp³-hybridized carbons (Fsp3) is 0.684. The summed E-state index contributed by atoms with van der Waals surface area (Å²) in [6, 6.07) is 7.56. The molecule has 0 aromatic heterocycles. The molecule has 3 fully saturated rings. The lowest BCUT2D eigenvalue weighted by molar-refractivity contribution is -0.0328. The van der Waals surface area contributed by atoms with Crippen molar-refractivity contribution in [2.45, 2.75) is 42.7 Å². The third-order valence-electron chi connectivity index (χ3n) is 6.04. The van der Waals surface area contributed by atoms with Crippen LogP contribution in [-0.2, 0) is 19.5 Å². The number of sulfonamides is 1. The lowest BCUT2D eigenvalue weighted by Gasteiger charge is -2.38. The highest BCUT2D eigenvalue weighted by Gasteiger charge is 2.46. The van der Waals surface area contributed by atoms with Gasteiger partial charge in [0.1, 0.15) is 0 Å². The predicted molar refractivity (Wildman–Crippen MR) is 98.7 cm³/mol. The summed E-state index contributed by atoms with van der Waals surface area (Å²) in [4.78, 5) is 2.85. The molecule has 1 spiro atoms. The second kappa shape index (κ2) is 7.20. The molecule has 144 valence electrons. The molecule has 0 saturated carbocycles. The van der Waals surface area contributed by atoms with Crippen LogP contribution in [0.25, 0.3) is 0 Å². The van der Waals surface area contributed by atoms with Crippen molar-refractivity contribution in [3.63, 3.8) is 0 Å². The van der Waals surface area contributed by atoms with E-state index in [0.29, 0.717) is 24.0 Å². The zero-order chi connectivity index (χ0) is 18.2. The average molecular weight is 381 g/mol. The van der Waals surface area contributed by atoms with Crippen molar-refractivity contribution < 1.29 is 17.9 Å². The van der Waals surface area contributed by atoms with Gasteiger partial charge in [0.25, 0.3) is 0 Å². The third kappa shape index (κ3) is 3.55. The van der Waals surface area contributed by atoms with Crippen LogP contribution in [0.1, 0.15) is 24.8 Å². The Morgan fingerprint density at radius 3 is 2.35 bits per heavy atom. The summed E-state index contributed by atoms with van der Waals surface area (Å²) < 4.78 is 39.0. The summed E-state index contributed by atoms with van der Waals surface area (Å²) in [5, 5.41) is 0. The smallest absolute Gasteiger partial charge is 0.243 e. The SMILES string of the molecule is Cc1ccc(S(=O)(=O)N2CCC3(CC2)CC(N2CCOCC2)CO3)cc1. The van der Waals surface area contributed by atoms with Crippen molar-refractivity contribution >= 4 is 10.0 Å². The molecular weight excluding hydrogens is 352 g/mol. The summed E-state index contributed by atoms with van der Waals surface area (Å²) in [6.45, 7) is 7.32. The Morgan fingerprint density at radius 1 is 1.04 bits per heavy atom. The van der Waals surface area contributed by atoms with E-state index < -0.39 is 10.0 Å². The second-order valence-electron chi connectivity index (χ2n) is 7.72. The monoisotopic (exact) mass is 380 g/mol. The molecular formula is C19H28N2O4S. The molecule has 0 aliphatic carbocycles. The zero-order valence-corrected chi connectivity index (χ0v) is 16.2. The maximum absolute atomic E-state index is 12.9. The van der Waals surface area contributed by atoms with Crippen molar-refractivity contribution in [3.05, 3.63) is 29.8 Å². The van der Waals surface area contributed by atoms with Gasteiger partial charge in [0.05, 0.1) is 30.3 Å². The van der Waals surface area contributed by atoms with Gasteiger partial charge in [-0.05, 0) is 38.3 Å². The Morgan fingerprint density at radius 2 is 1.69 bits per heavy atom. The van der Waals surface area contributed by atoms with Crippen LogP contribution < -0.4 is 0 Å². The highest BCUT2D eigenvalue weighted by Crippen LogP contribution is 2.39. The van der Waals surface area contributed by atoms with Crippen LogP contribution in [0.4, 0.5) is 0 Å². The van der Waals surface area contributed by atoms with E-state index in [2.05, 4.69) is 4.90 Å². The molecule has 0 bridgehead atoms. The maximum atomic E-state index is 12.9. The molecule has 0 amide bonds. The van der Waals surface area contributed by atoms with Crippen molar-refractivity contribution in [3.8, 4) is 0 Å². The number of nitrogens with zero attached hydrogens (tertiary/aromatic N) is 2. The summed E-state index contributed by atoms with van der Waals surface area (Å²) >= 11 is 0. The highest BCUT2D eigenvalue weighted by molar-refractivity contribution is 7.89. The lowest BCUT2D eigenvalue weighted by Crippen LogP contribution is -2.48. The van der Waals surface area contributed by atoms with Crippen molar-refractivity contribution in [1.29, 1.82) is 0 Å². The minimum absolute atomic E-state index is 0.151. The molecule has 3 aliphatic heterocycles. The molecule has 0 radical (unpaired) electrons. The Bertz CT molecular complexity index is 720. The number of piperidine rings is 1. The number of rotatable bonds is 3. The van der Waals surface area contributed by atoms with Crippen LogP contribution in [-0.4, -0.2) is 75.3 Å². The molecule has 1 atom stereocenters. The maximum Gasteiger partial charge on any atom is 0.243 e. The van der Waals surface area contributed by atoms with Gasteiger partial charge in [0.2, 0.25) is 10.0 Å². The van der Waals surface area contributed by atoms with Crippen LogP contribution in [0.5, 0.6) is 0 Å². The molecule has 6 nitrogen and oxygen atoms in total. The number of benzene rings is 1. The minimum Gasteiger partial charge on any atom is -0.379 e. The number of morpholine rings is 1. The molecule has 3 saturated heterocycles. The molecule has 1 aromatic carbocycles. The summed E-state index contributed by atoms with van der Waals surface area (Å²) in [7, 11) is -3.41. The first-order valence-electron chi connectivity index (χ1n) is 9.51. The molecule has 3 aliphatic rings. The van der Waals surface area contributed by atoms with Gasteiger partial charge in [0.15, 0.2) is 0 Å². The van der Waals surface area contributed by atoms with E-state index in [1.807, 2.05) is 19.1 Å². The Hall–Kier alpha value is -0.990. The van der Waals surface area contributed by atoms with Gasteiger partial charge in [-0.3, -0.25) is 4.90 Å². The first kappa shape index (κ1) is 18.4. The molecule has 7 heteroatoms. The molecule has 0 N–H and O–H groups in total. The molecule has 1 aromatic rings. The van der Waals surface area contributed by atoms with E-state index in [1.165, 1.54) is 0 Å². The molecule has 26 heavy (non-hydrogen) atoms. The van der Waals surface area contributed by atoms with E-state index in [9.17, 15) is 8.42 Å². The fourth-order valence-electron chi connectivity index (χ4n) is 4.34. The van der Waals surface area contributed by atoms with Gasteiger partial charge in [-0.15, -0.1) is 0 Å². The van der Waals surface area contributed by atoms with Crippen molar-refractivity contribution in [2.75, 3.05) is 46.0 Å². The fourth-order valence-corrected chi connectivity index (χ4v) is 5.78. The molecule has 4 rings (SSSR count). The Balaban J connectivity index is 1.39. The van der Waals surface area contributed by atoms with E-state index in [0.717, 1.165) is 57.7 Å². The van der Waals surface area contributed by atoms with Gasteiger partial charge in [-0.1, -0.05) is 17.7 Å². The number of aryl methyl sites for hydroxylation is 1. The topological polar surface area (TPSA) is 59.1 Å². The lowest BCUT2D eigenvalue weighted by atomic mass is 9.88. The minimum atomic E-state index is -3.41. The molecule has 3 heterocycles. The van der Waals surface area contributed by atoms with Gasteiger partial charge in [-0.25, -0.2) is 8.42 Å². The van der Waals surface area contributed by atoms with E-state index in [1.54, 1.807) is 16.4 Å². The highest BCUT2D eigenvalue weighted by atomic mass is 32.2. The van der Waals surface area contributed by atoms with Gasteiger partial charge >= 0.3 is 0 Å². The van der Waals surface area contributed by atoms with E-state index in [-0.39, 0.29) is 5.60 Å². The van der Waals surface area contributed by atoms with Gasteiger partial charge in [0, 0.05) is 32.2 Å².